The van der Waals surface area contributed by atoms with Crippen LogP contribution in [0.2, 0.25) is 0 Å². The van der Waals surface area contributed by atoms with E-state index in [0.717, 1.165) is 32.3 Å². The Labute approximate surface area is 132 Å². The maximum atomic E-state index is 12.4. The highest BCUT2D eigenvalue weighted by Gasteiger charge is 2.30. The second-order valence-corrected chi connectivity index (χ2v) is 6.61. The normalized spacial score (nSPS) is 26.5. The van der Waals surface area contributed by atoms with Crippen molar-refractivity contribution in [3.63, 3.8) is 0 Å². The van der Waals surface area contributed by atoms with Crippen LogP contribution in [0.25, 0.3) is 0 Å². The Morgan fingerprint density at radius 3 is 2.27 bits per heavy atom. The van der Waals surface area contributed by atoms with Gasteiger partial charge in [-0.1, -0.05) is 12.8 Å². The van der Waals surface area contributed by atoms with E-state index in [4.69, 9.17) is 4.74 Å². The number of hydrogen-bond donors (Lipinski definition) is 1. The molecule has 3 aliphatic rings. The molecule has 0 radical (unpaired) electrons. The van der Waals surface area contributed by atoms with Crippen molar-refractivity contribution >= 4 is 11.9 Å². The van der Waals surface area contributed by atoms with Gasteiger partial charge in [-0.2, -0.15) is 0 Å². The largest absolute Gasteiger partial charge is 0.376 e. The van der Waals surface area contributed by atoms with Crippen LogP contribution in [-0.4, -0.2) is 67.2 Å². The van der Waals surface area contributed by atoms with Gasteiger partial charge in [0.1, 0.15) is 0 Å². The Morgan fingerprint density at radius 2 is 1.64 bits per heavy atom. The average molecular weight is 309 g/mol. The summed E-state index contributed by atoms with van der Waals surface area (Å²) in [6.45, 7) is 4.01. The monoisotopic (exact) mass is 309 g/mol. The fourth-order valence-electron chi connectivity index (χ4n) is 3.68. The third kappa shape index (κ3) is 3.72. The van der Waals surface area contributed by atoms with Gasteiger partial charge in [-0.25, -0.2) is 4.79 Å². The molecule has 6 heteroatoms. The second-order valence-electron chi connectivity index (χ2n) is 6.61. The molecule has 2 saturated heterocycles. The number of carbonyl (C=O) groups excluding carboxylic acids is 2. The SMILES string of the molecule is O=C(NCC1CCCO1)N1CCN(C(=O)C2CCCC2)CC1. The van der Waals surface area contributed by atoms with Crippen LogP contribution in [-0.2, 0) is 9.53 Å². The predicted molar refractivity (Wildman–Crippen MR) is 82.5 cm³/mol. The topological polar surface area (TPSA) is 61.9 Å². The highest BCUT2D eigenvalue weighted by Crippen LogP contribution is 2.26. The maximum absolute atomic E-state index is 12.4. The molecule has 3 fully saturated rings. The number of nitrogens with one attached hydrogen (secondary N) is 1. The smallest absolute Gasteiger partial charge is 0.317 e. The van der Waals surface area contributed by atoms with Crippen molar-refractivity contribution < 1.29 is 14.3 Å². The van der Waals surface area contributed by atoms with Gasteiger partial charge in [0.05, 0.1) is 6.10 Å². The lowest BCUT2D eigenvalue weighted by molar-refractivity contribution is -0.136. The first-order valence-electron chi connectivity index (χ1n) is 8.67. The molecule has 0 bridgehead atoms. The highest BCUT2D eigenvalue weighted by atomic mass is 16.5. The molecule has 22 heavy (non-hydrogen) atoms. The van der Waals surface area contributed by atoms with Gasteiger partial charge in [0.25, 0.3) is 0 Å². The van der Waals surface area contributed by atoms with Crippen LogP contribution in [0.15, 0.2) is 0 Å². The van der Waals surface area contributed by atoms with E-state index in [2.05, 4.69) is 5.32 Å². The Balaban J connectivity index is 1.38. The molecule has 0 aromatic carbocycles. The first kappa shape index (κ1) is 15.6. The van der Waals surface area contributed by atoms with Crippen molar-refractivity contribution in [2.45, 2.75) is 44.6 Å². The molecular formula is C16H27N3O3. The molecule has 1 aliphatic carbocycles. The molecule has 0 aromatic rings. The van der Waals surface area contributed by atoms with Gasteiger partial charge in [0.2, 0.25) is 5.91 Å². The second kappa shape index (κ2) is 7.31. The number of rotatable bonds is 3. The van der Waals surface area contributed by atoms with Crippen molar-refractivity contribution in [2.24, 2.45) is 5.92 Å². The Morgan fingerprint density at radius 1 is 0.955 bits per heavy atom. The zero-order chi connectivity index (χ0) is 15.4. The van der Waals surface area contributed by atoms with Crippen LogP contribution < -0.4 is 5.32 Å². The van der Waals surface area contributed by atoms with E-state index in [1.807, 2.05) is 9.80 Å². The molecule has 3 amide bonds. The summed E-state index contributed by atoms with van der Waals surface area (Å²) in [7, 11) is 0. The van der Waals surface area contributed by atoms with E-state index in [1.54, 1.807) is 0 Å². The lowest BCUT2D eigenvalue weighted by Gasteiger charge is -2.36. The number of hydrogen-bond acceptors (Lipinski definition) is 3. The molecule has 2 aliphatic heterocycles. The molecule has 1 atom stereocenters. The van der Waals surface area contributed by atoms with Crippen molar-refractivity contribution in [3.8, 4) is 0 Å². The molecular weight excluding hydrogens is 282 g/mol. The standard InChI is InChI=1S/C16H27N3O3/c20-15(13-4-1-2-5-13)18-7-9-19(10-8-18)16(21)17-12-14-6-3-11-22-14/h13-14H,1-12H2,(H,17,21). The van der Waals surface area contributed by atoms with Crippen LogP contribution in [0.3, 0.4) is 0 Å². The number of amides is 3. The van der Waals surface area contributed by atoms with Gasteiger partial charge < -0.3 is 19.9 Å². The summed E-state index contributed by atoms with van der Waals surface area (Å²) >= 11 is 0. The molecule has 1 unspecified atom stereocenters. The third-order valence-electron chi connectivity index (χ3n) is 5.09. The molecule has 124 valence electrons. The summed E-state index contributed by atoms with van der Waals surface area (Å²) in [6.07, 6.45) is 6.74. The quantitative estimate of drug-likeness (QED) is 0.852. The van der Waals surface area contributed by atoms with Gasteiger partial charge in [0.15, 0.2) is 0 Å². The Hall–Kier alpha value is -1.30. The first-order valence-corrected chi connectivity index (χ1v) is 8.67. The van der Waals surface area contributed by atoms with E-state index >= 15 is 0 Å². The van der Waals surface area contributed by atoms with E-state index in [1.165, 1.54) is 12.8 Å². The summed E-state index contributed by atoms with van der Waals surface area (Å²) in [5.41, 5.74) is 0. The maximum Gasteiger partial charge on any atom is 0.317 e. The van der Waals surface area contributed by atoms with Crippen molar-refractivity contribution in [1.82, 2.24) is 15.1 Å². The summed E-state index contributed by atoms with van der Waals surface area (Å²) in [5.74, 6) is 0.539. The minimum absolute atomic E-state index is 0.0246. The molecule has 0 spiro atoms. The minimum atomic E-state index is -0.0246. The number of piperazine rings is 1. The zero-order valence-electron chi connectivity index (χ0n) is 13.3. The summed E-state index contributed by atoms with van der Waals surface area (Å²) in [5, 5.41) is 2.95. The number of ether oxygens (including phenoxy) is 1. The van der Waals surface area contributed by atoms with Crippen LogP contribution in [0.4, 0.5) is 4.79 Å². The van der Waals surface area contributed by atoms with Crippen LogP contribution >= 0.6 is 0 Å². The van der Waals surface area contributed by atoms with E-state index < -0.39 is 0 Å². The number of nitrogens with zero attached hydrogens (tertiary/aromatic N) is 2. The van der Waals surface area contributed by atoms with Gasteiger partial charge in [-0.05, 0) is 25.7 Å². The van der Waals surface area contributed by atoms with Crippen molar-refractivity contribution in [2.75, 3.05) is 39.3 Å². The van der Waals surface area contributed by atoms with E-state index in [-0.39, 0.29) is 18.1 Å². The van der Waals surface area contributed by atoms with E-state index in [0.29, 0.717) is 38.6 Å². The summed E-state index contributed by atoms with van der Waals surface area (Å²) in [6, 6.07) is -0.0246. The summed E-state index contributed by atoms with van der Waals surface area (Å²) in [4.78, 5) is 28.3. The van der Waals surface area contributed by atoms with Crippen LogP contribution in [0.5, 0.6) is 0 Å². The Kier molecular flexibility index (Phi) is 5.18. The predicted octanol–water partition coefficient (Wildman–Crippen LogP) is 1.21. The molecule has 1 saturated carbocycles. The van der Waals surface area contributed by atoms with Gasteiger partial charge >= 0.3 is 6.03 Å². The Bertz CT molecular complexity index is 395. The van der Waals surface area contributed by atoms with E-state index in [9.17, 15) is 9.59 Å². The van der Waals surface area contributed by atoms with Crippen molar-refractivity contribution in [3.05, 3.63) is 0 Å². The molecule has 1 N–H and O–H groups in total. The summed E-state index contributed by atoms with van der Waals surface area (Å²) < 4.78 is 5.51. The average Bonchev–Trinajstić information content (AvgIpc) is 3.25. The van der Waals surface area contributed by atoms with Gasteiger partial charge in [-0.3, -0.25) is 4.79 Å². The minimum Gasteiger partial charge on any atom is -0.376 e. The van der Waals surface area contributed by atoms with Crippen molar-refractivity contribution in [1.29, 1.82) is 0 Å². The first-order chi connectivity index (χ1) is 10.7. The lowest BCUT2D eigenvalue weighted by Crippen LogP contribution is -2.54. The molecule has 3 rings (SSSR count). The fraction of sp³-hybridized carbons (Fsp3) is 0.875. The number of carbonyl (C=O) groups is 2. The highest BCUT2D eigenvalue weighted by molar-refractivity contribution is 5.80. The van der Waals surface area contributed by atoms with Gasteiger partial charge in [-0.15, -0.1) is 0 Å². The zero-order valence-corrected chi connectivity index (χ0v) is 13.3. The third-order valence-corrected chi connectivity index (χ3v) is 5.09. The molecule has 2 heterocycles. The molecule has 0 aromatic heterocycles. The van der Waals surface area contributed by atoms with Crippen LogP contribution in [0.1, 0.15) is 38.5 Å². The number of urea groups is 1. The molecule has 6 nitrogen and oxygen atoms in total. The van der Waals surface area contributed by atoms with Crippen LogP contribution in [0, 0.1) is 5.92 Å². The lowest BCUT2D eigenvalue weighted by atomic mass is 10.1. The fourth-order valence-corrected chi connectivity index (χ4v) is 3.68. The van der Waals surface area contributed by atoms with Gasteiger partial charge in [0, 0.05) is 45.2 Å².